The third kappa shape index (κ3) is 5.45. The first-order valence-electron chi connectivity index (χ1n) is 13.9. The maximum absolute atomic E-state index is 14.2. The number of amides is 3. The minimum absolute atomic E-state index is 0.105. The third-order valence-electron chi connectivity index (χ3n) is 8.19. The third-order valence-corrected chi connectivity index (χ3v) is 9.03. The zero-order chi connectivity index (χ0) is 28.2. The summed E-state index contributed by atoms with van der Waals surface area (Å²) in [5, 5.41) is 9.58. The van der Waals surface area contributed by atoms with Crippen molar-refractivity contribution in [2.24, 2.45) is 11.8 Å². The number of halogens is 1. The van der Waals surface area contributed by atoms with Crippen LogP contribution in [0.3, 0.4) is 0 Å². The number of carbonyl (C=O) groups excluding carboxylic acids is 3. The van der Waals surface area contributed by atoms with E-state index >= 15 is 0 Å². The van der Waals surface area contributed by atoms with Crippen LogP contribution in [-0.4, -0.2) is 92.9 Å². The van der Waals surface area contributed by atoms with Crippen LogP contribution in [0, 0.1) is 11.8 Å². The second-order valence-corrected chi connectivity index (χ2v) is 11.9. The fourth-order valence-electron chi connectivity index (χ4n) is 6.54. The number of nitrogens with zero attached hydrogens (tertiary/aromatic N) is 3. The molecule has 4 rings (SSSR count). The molecule has 3 unspecified atom stereocenters. The first-order valence-corrected chi connectivity index (χ1v) is 14.8. The fraction of sp³-hybridized carbons (Fsp3) is 0.567. The van der Waals surface area contributed by atoms with E-state index in [1.807, 2.05) is 30.3 Å². The van der Waals surface area contributed by atoms with Gasteiger partial charge in [-0.25, -0.2) is 0 Å². The molecule has 0 aliphatic carbocycles. The maximum Gasteiger partial charge on any atom is 0.248 e. The summed E-state index contributed by atoms with van der Waals surface area (Å²) >= 11 is 3.74. The predicted molar refractivity (Wildman–Crippen MR) is 153 cm³/mol. The highest BCUT2D eigenvalue weighted by molar-refractivity contribution is 9.09. The van der Waals surface area contributed by atoms with Gasteiger partial charge in [0.15, 0.2) is 0 Å². The number of ether oxygens (including phenoxy) is 1. The van der Waals surface area contributed by atoms with E-state index < -0.39 is 29.6 Å². The van der Waals surface area contributed by atoms with Crippen LogP contribution in [0.4, 0.5) is 0 Å². The minimum atomic E-state index is -1.11. The molecule has 39 heavy (non-hydrogen) atoms. The fourth-order valence-corrected chi connectivity index (χ4v) is 7.49. The quantitative estimate of drug-likeness (QED) is 0.261. The topological polar surface area (TPSA) is 90.4 Å². The lowest BCUT2D eigenvalue weighted by Gasteiger charge is -2.37. The summed E-state index contributed by atoms with van der Waals surface area (Å²) in [6.45, 7) is 11.5. The van der Waals surface area contributed by atoms with E-state index in [9.17, 15) is 19.5 Å². The summed E-state index contributed by atoms with van der Waals surface area (Å²) in [7, 11) is 0. The van der Waals surface area contributed by atoms with E-state index in [1.165, 1.54) is 0 Å². The van der Waals surface area contributed by atoms with Crippen molar-refractivity contribution in [3.8, 4) is 0 Å². The summed E-state index contributed by atoms with van der Waals surface area (Å²) in [5.74, 6) is -2.09. The van der Waals surface area contributed by atoms with Crippen LogP contribution in [0.1, 0.15) is 38.2 Å². The molecule has 1 N–H and O–H groups in total. The number of likely N-dealkylation sites (tertiary alicyclic amines) is 1. The van der Waals surface area contributed by atoms with Gasteiger partial charge in [0.25, 0.3) is 0 Å². The van der Waals surface area contributed by atoms with Crippen LogP contribution >= 0.6 is 15.9 Å². The first kappa shape index (κ1) is 29.5. The Hall–Kier alpha value is -2.49. The summed E-state index contributed by atoms with van der Waals surface area (Å²) < 4.78 is 6.64. The zero-order valence-electron chi connectivity index (χ0n) is 22.7. The molecular formula is C30H40BrN3O5. The number of unbranched alkanes of at least 4 members (excludes halogenated alkanes) is 1. The highest BCUT2D eigenvalue weighted by Gasteiger charge is 2.76. The SMILES string of the molecule is C=CCN(CCCC)C(=O)C1N(CCCO)C(=O)[C@@H]2[C@H](C(=O)N(CC=C)Cc3ccccc3)[C@H]3OC12CC3Br. The molecule has 3 saturated heterocycles. The van der Waals surface area contributed by atoms with Gasteiger partial charge in [0, 0.05) is 44.2 Å². The van der Waals surface area contributed by atoms with Gasteiger partial charge >= 0.3 is 0 Å². The predicted octanol–water partition coefficient (Wildman–Crippen LogP) is 3.15. The lowest BCUT2D eigenvalue weighted by atomic mass is 9.70. The highest BCUT2D eigenvalue weighted by atomic mass is 79.9. The smallest absolute Gasteiger partial charge is 0.248 e. The molecule has 2 bridgehead atoms. The normalized spacial score (nSPS) is 28.8. The van der Waals surface area contributed by atoms with Crippen LogP contribution in [0.15, 0.2) is 55.6 Å². The van der Waals surface area contributed by atoms with Crippen LogP contribution < -0.4 is 0 Å². The van der Waals surface area contributed by atoms with Crippen molar-refractivity contribution < 1.29 is 24.2 Å². The van der Waals surface area contributed by atoms with Gasteiger partial charge in [0.2, 0.25) is 17.7 Å². The Bertz CT molecular complexity index is 1070. The van der Waals surface area contributed by atoms with Crippen LogP contribution in [0.5, 0.6) is 0 Å². The minimum Gasteiger partial charge on any atom is -0.396 e. The van der Waals surface area contributed by atoms with Crippen molar-refractivity contribution in [3.05, 3.63) is 61.2 Å². The van der Waals surface area contributed by atoms with E-state index in [1.54, 1.807) is 26.9 Å². The molecule has 0 radical (unpaired) electrons. The lowest BCUT2D eigenvalue weighted by Crippen LogP contribution is -2.57. The number of rotatable bonds is 14. The molecule has 3 aliphatic rings. The molecule has 6 atom stereocenters. The number of hydrogen-bond donors (Lipinski definition) is 1. The van der Waals surface area contributed by atoms with Gasteiger partial charge in [-0.1, -0.05) is 71.8 Å². The Morgan fingerprint density at radius 2 is 1.85 bits per heavy atom. The Morgan fingerprint density at radius 3 is 2.49 bits per heavy atom. The number of carbonyl (C=O) groups is 3. The molecule has 0 saturated carbocycles. The zero-order valence-corrected chi connectivity index (χ0v) is 24.3. The first-order chi connectivity index (χ1) is 18.8. The largest absolute Gasteiger partial charge is 0.396 e. The van der Waals surface area contributed by atoms with E-state index in [0.717, 1.165) is 18.4 Å². The molecule has 1 aromatic rings. The molecule has 0 aromatic heterocycles. The molecule has 212 valence electrons. The molecule has 3 aliphatic heterocycles. The van der Waals surface area contributed by atoms with Crippen LogP contribution in [-0.2, 0) is 25.7 Å². The van der Waals surface area contributed by atoms with E-state index in [2.05, 4.69) is 36.0 Å². The van der Waals surface area contributed by atoms with Gasteiger partial charge in [-0.2, -0.15) is 0 Å². The van der Waals surface area contributed by atoms with Gasteiger partial charge in [0.1, 0.15) is 11.6 Å². The monoisotopic (exact) mass is 601 g/mol. The Kier molecular flexibility index (Phi) is 9.67. The molecule has 9 heteroatoms. The van der Waals surface area contributed by atoms with Gasteiger partial charge in [0.05, 0.1) is 17.9 Å². The average molecular weight is 603 g/mol. The van der Waals surface area contributed by atoms with E-state index in [-0.39, 0.29) is 35.7 Å². The summed E-state index contributed by atoms with van der Waals surface area (Å²) in [4.78, 5) is 47.3. The lowest BCUT2D eigenvalue weighted by molar-refractivity contribution is -0.149. The summed E-state index contributed by atoms with van der Waals surface area (Å²) in [6, 6.07) is 8.86. The Morgan fingerprint density at radius 1 is 1.15 bits per heavy atom. The molecule has 3 fully saturated rings. The van der Waals surface area contributed by atoms with Crippen LogP contribution in [0.2, 0.25) is 0 Å². The standard InChI is InChI=1S/C30H40BrN3O5/c1-4-7-16-32(14-5-2)29(38)26-30-19-22(31)25(39-30)23(24(30)28(37)34(26)17-11-18-35)27(36)33(15-6-3)20-21-12-9-8-10-13-21/h5-6,8-10,12-13,22-26,35H,2-4,7,11,14-20H2,1H3/t22?,23-,24-,25-,26?,30?/m0/s1. The molecular weight excluding hydrogens is 562 g/mol. The van der Waals surface area contributed by atoms with Crippen molar-refractivity contribution in [3.63, 3.8) is 0 Å². The van der Waals surface area contributed by atoms with Crippen molar-refractivity contribution in [2.75, 3.05) is 32.8 Å². The van der Waals surface area contributed by atoms with E-state index in [0.29, 0.717) is 39.0 Å². The van der Waals surface area contributed by atoms with Crippen molar-refractivity contribution >= 4 is 33.7 Å². The number of aliphatic hydroxyl groups is 1. The molecule has 3 amide bonds. The van der Waals surface area contributed by atoms with Gasteiger partial charge in [-0.3, -0.25) is 14.4 Å². The summed E-state index contributed by atoms with van der Waals surface area (Å²) in [5.41, 5.74) is -0.130. The Balaban J connectivity index is 1.71. The average Bonchev–Trinajstić information content (AvgIpc) is 3.52. The number of alkyl halides is 1. The van der Waals surface area contributed by atoms with Gasteiger partial charge < -0.3 is 24.5 Å². The van der Waals surface area contributed by atoms with Crippen molar-refractivity contribution in [1.29, 1.82) is 0 Å². The molecule has 8 nitrogen and oxygen atoms in total. The molecule has 3 heterocycles. The number of fused-ring (bicyclic) bond motifs is 1. The van der Waals surface area contributed by atoms with Gasteiger partial charge in [-0.15, -0.1) is 13.2 Å². The van der Waals surface area contributed by atoms with E-state index in [4.69, 9.17) is 4.74 Å². The number of aliphatic hydroxyl groups excluding tert-OH is 1. The van der Waals surface area contributed by atoms with Crippen LogP contribution in [0.25, 0.3) is 0 Å². The second-order valence-electron chi connectivity index (χ2n) is 10.7. The molecule has 1 aromatic carbocycles. The number of benzene rings is 1. The molecule has 1 spiro atoms. The Labute approximate surface area is 239 Å². The van der Waals surface area contributed by atoms with Gasteiger partial charge in [-0.05, 0) is 24.8 Å². The maximum atomic E-state index is 14.2. The summed E-state index contributed by atoms with van der Waals surface area (Å²) in [6.07, 6.45) is 5.41. The van der Waals surface area contributed by atoms with Crippen molar-refractivity contribution in [1.82, 2.24) is 14.7 Å². The van der Waals surface area contributed by atoms with Crippen molar-refractivity contribution in [2.45, 2.75) is 61.7 Å². The highest BCUT2D eigenvalue weighted by Crippen LogP contribution is 2.60. The number of hydrogen-bond acceptors (Lipinski definition) is 5. The second kappa shape index (κ2) is 12.8.